The summed E-state index contributed by atoms with van der Waals surface area (Å²) >= 11 is 1.22. The maximum absolute atomic E-state index is 13.7. The van der Waals surface area contributed by atoms with Crippen molar-refractivity contribution in [3.8, 4) is 0 Å². The normalized spacial score (nSPS) is 15.2. The van der Waals surface area contributed by atoms with Crippen LogP contribution in [0, 0.1) is 11.7 Å². The second kappa shape index (κ2) is 11.3. The number of likely N-dealkylation sites (N-methyl/N-ethyl adjacent to an activating group) is 1. The van der Waals surface area contributed by atoms with Crippen molar-refractivity contribution in [2.24, 2.45) is 5.92 Å². The Labute approximate surface area is 186 Å². The molecular weight excluding hydrogens is 417 g/mol. The Morgan fingerprint density at radius 2 is 2.00 bits per heavy atom. The van der Waals surface area contributed by atoms with Crippen molar-refractivity contribution in [3.05, 3.63) is 46.7 Å². The first-order chi connectivity index (χ1) is 14.9. The van der Waals surface area contributed by atoms with Gasteiger partial charge in [0.25, 0.3) is 5.91 Å². The standard InChI is InChI=1S/C22H30FN5O2S/c1-27(2)11-12-28-9-7-16(8-10-28)14-24-20(29)13-17-15-31-22(25-17)26-21(30)18-5-3-4-6-19(18)23/h3-6,15-16H,7-14H2,1-2H3,(H,24,29)(H,25,26,30). The number of piperidine rings is 1. The molecule has 2 heterocycles. The third-order valence-corrected chi connectivity index (χ3v) is 6.20. The summed E-state index contributed by atoms with van der Waals surface area (Å²) in [6.07, 6.45) is 2.35. The number of nitrogens with one attached hydrogen (secondary N) is 2. The Morgan fingerprint density at radius 3 is 2.71 bits per heavy atom. The average Bonchev–Trinajstić information content (AvgIpc) is 3.18. The number of thiazole rings is 1. The number of carbonyl (C=O) groups is 2. The number of amides is 2. The summed E-state index contributed by atoms with van der Waals surface area (Å²) < 4.78 is 13.7. The molecule has 1 aromatic heterocycles. The van der Waals surface area contributed by atoms with Gasteiger partial charge in [0.1, 0.15) is 5.82 Å². The summed E-state index contributed by atoms with van der Waals surface area (Å²) in [6, 6.07) is 5.78. The smallest absolute Gasteiger partial charge is 0.260 e. The highest BCUT2D eigenvalue weighted by atomic mass is 32.1. The van der Waals surface area contributed by atoms with Crippen LogP contribution >= 0.6 is 11.3 Å². The van der Waals surface area contributed by atoms with E-state index in [1.165, 1.54) is 29.5 Å². The van der Waals surface area contributed by atoms with E-state index < -0.39 is 11.7 Å². The minimum absolute atomic E-state index is 0.0373. The van der Waals surface area contributed by atoms with Gasteiger partial charge in [0.15, 0.2) is 5.13 Å². The third kappa shape index (κ3) is 7.37. The number of rotatable bonds is 9. The number of nitrogens with zero attached hydrogens (tertiary/aromatic N) is 3. The second-order valence-electron chi connectivity index (χ2n) is 8.15. The molecule has 2 aromatic rings. The van der Waals surface area contributed by atoms with Crippen LogP contribution in [0.4, 0.5) is 9.52 Å². The van der Waals surface area contributed by atoms with E-state index in [2.05, 4.69) is 39.5 Å². The van der Waals surface area contributed by atoms with E-state index in [9.17, 15) is 14.0 Å². The molecule has 2 N–H and O–H groups in total. The van der Waals surface area contributed by atoms with E-state index in [1.54, 1.807) is 11.4 Å². The summed E-state index contributed by atoms with van der Waals surface area (Å²) in [4.78, 5) is 33.4. The highest BCUT2D eigenvalue weighted by molar-refractivity contribution is 7.14. The van der Waals surface area contributed by atoms with Gasteiger partial charge in [0.2, 0.25) is 5.91 Å². The van der Waals surface area contributed by atoms with Crippen LogP contribution in [0.3, 0.4) is 0 Å². The lowest BCUT2D eigenvalue weighted by molar-refractivity contribution is -0.120. The van der Waals surface area contributed by atoms with Crippen LogP contribution in [-0.2, 0) is 11.2 Å². The van der Waals surface area contributed by atoms with Gasteiger partial charge in [0.05, 0.1) is 17.7 Å². The van der Waals surface area contributed by atoms with Gasteiger partial charge in [-0.3, -0.25) is 14.9 Å². The molecule has 0 spiro atoms. The first-order valence-electron chi connectivity index (χ1n) is 10.5. The molecule has 2 amide bonds. The topological polar surface area (TPSA) is 77.6 Å². The van der Waals surface area contributed by atoms with Crippen LogP contribution in [0.25, 0.3) is 0 Å². The number of hydrogen-bond donors (Lipinski definition) is 2. The molecule has 0 radical (unpaired) electrons. The highest BCUT2D eigenvalue weighted by Crippen LogP contribution is 2.19. The van der Waals surface area contributed by atoms with E-state index in [0.717, 1.165) is 39.0 Å². The van der Waals surface area contributed by atoms with Gasteiger partial charge >= 0.3 is 0 Å². The Bertz CT molecular complexity index is 880. The lowest BCUT2D eigenvalue weighted by atomic mass is 9.96. The lowest BCUT2D eigenvalue weighted by Crippen LogP contribution is -2.41. The fourth-order valence-corrected chi connectivity index (χ4v) is 4.20. The van der Waals surface area contributed by atoms with E-state index in [-0.39, 0.29) is 17.9 Å². The SMILES string of the molecule is CN(C)CCN1CCC(CNC(=O)Cc2csc(NC(=O)c3ccccc3F)n2)CC1. The van der Waals surface area contributed by atoms with Gasteiger partial charge in [-0.2, -0.15) is 0 Å². The number of aromatic nitrogens is 1. The van der Waals surface area contributed by atoms with Gasteiger partial charge < -0.3 is 15.1 Å². The molecule has 9 heteroatoms. The highest BCUT2D eigenvalue weighted by Gasteiger charge is 2.20. The molecule has 1 aromatic carbocycles. The second-order valence-corrected chi connectivity index (χ2v) is 9.01. The number of halogens is 1. The lowest BCUT2D eigenvalue weighted by Gasteiger charge is -2.32. The molecule has 1 fully saturated rings. The molecule has 1 aliphatic heterocycles. The van der Waals surface area contributed by atoms with Crippen molar-refractivity contribution >= 4 is 28.3 Å². The number of anilines is 1. The number of benzene rings is 1. The zero-order valence-corrected chi connectivity index (χ0v) is 18.9. The third-order valence-electron chi connectivity index (χ3n) is 5.39. The molecule has 168 valence electrons. The van der Waals surface area contributed by atoms with E-state index in [0.29, 0.717) is 23.3 Å². The molecule has 0 unspecified atom stereocenters. The minimum atomic E-state index is -0.584. The van der Waals surface area contributed by atoms with Crippen molar-refractivity contribution in [2.45, 2.75) is 19.3 Å². The fourth-order valence-electron chi connectivity index (χ4n) is 3.50. The Hall–Kier alpha value is -2.36. The molecule has 1 aliphatic rings. The molecule has 1 saturated heterocycles. The predicted octanol–water partition coefficient (Wildman–Crippen LogP) is 2.47. The Balaban J connectivity index is 1.38. The van der Waals surface area contributed by atoms with Crippen LogP contribution < -0.4 is 10.6 Å². The molecule has 0 saturated carbocycles. The zero-order valence-electron chi connectivity index (χ0n) is 18.1. The summed E-state index contributed by atoms with van der Waals surface area (Å²) in [5.41, 5.74) is 0.551. The minimum Gasteiger partial charge on any atom is -0.355 e. The summed E-state index contributed by atoms with van der Waals surface area (Å²) in [7, 11) is 4.18. The number of likely N-dealkylation sites (tertiary alicyclic amines) is 1. The Kier molecular flexibility index (Phi) is 8.51. The maximum atomic E-state index is 13.7. The quantitative estimate of drug-likeness (QED) is 0.618. The van der Waals surface area contributed by atoms with E-state index in [1.807, 2.05) is 0 Å². The van der Waals surface area contributed by atoms with Gasteiger partial charge in [-0.15, -0.1) is 11.3 Å². The zero-order chi connectivity index (χ0) is 22.2. The summed E-state index contributed by atoms with van der Waals surface area (Å²) in [5, 5.41) is 7.68. The first-order valence-corrected chi connectivity index (χ1v) is 11.4. The van der Waals surface area contributed by atoms with E-state index >= 15 is 0 Å². The first kappa shape index (κ1) is 23.3. The van der Waals surface area contributed by atoms with Crippen molar-refractivity contribution in [1.29, 1.82) is 0 Å². The van der Waals surface area contributed by atoms with Gasteiger partial charge in [0, 0.05) is 25.0 Å². The van der Waals surface area contributed by atoms with E-state index in [4.69, 9.17) is 0 Å². The van der Waals surface area contributed by atoms with Crippen molar-refractivity contribution in [2.75, 3.05) is 52.1 Å². The summed E-state index contributed by atoms with van der Waals surface area (Å²) in [6.45, 7) is 4.99. The van der Waals surface area contributed by atoms with Crippen molar-refractivity contribution in [1.82, 2.24) is 20.1 Å². The van der Waals surface area contributed by atoms with Crippen LogP contribution in [-0.4, -0.2) is 73.4 Å². The number of carbonyl (C=O) groups excluding carboxylic acids is 2. The predicted molar refractivity (Wildman–Crippen MR) is 121 cm³/mol. The van der Waals surface area contributed by atoms with Crippen LogP contribution in [0.5, 0.6) is 0 Å². The average molecular weight is 448 g/mol. The summed E-state index contributed by atoms with van der Waals surface area (Å²) in [5.74, 6) is -0.710. The van der Waals surface area contributed by atoms with Crippen LogP contribution in [0.2, 0.25) is 0 Å². The molecule has 0 bridgehead atoms. The number of hydrogen-bond acceptors (Lipinski definition) is 6. The maximum Gasteiger partial charge on any atom is 0.260 e. The van der Waals surface area contributed by atoms with Gasteiger partial charge in [-0.25, -0.2) is 9.37 Å². The molecule has 0 aliphatic carbocycles. The molecular formula is C22H30FN5O2S. The molecule has 31 heavy (non-hydrogen) atoms. The van der Waals surface area contributed by atoms with Gasteiger partial charge in [-0.1, -0.05) is 12.1 Å². The largest absolute Gasteiger partial charge is 0.355 e. The molecule has 3 rings (SSSR count). The van der Waals surface area contributed by atoms with Crippen molar-refractivity contribution < 1.29 is 14.0 Å². The van der Waals surface area contributed by atoms with Gasteiger partial charge in [-0.05, 0) is 58.1 Å². The molecule has 0 atom stereocenters. The van der Waals surface area contributed by atoms with Crippen LogP contribution in [0.1, 0.15) is 28.9 Å². The molecule has 7 nitrogen and oxygen atoms in total. The fraction of sp³-hybridized carbons (Fsp3) is 0.500. The monoisotopic (exact) mass is 447 g/mol. The van der Waals surface area contributed by atoms with Crippen LogP contribution in [0.15, 0.2) is 29.6 Å². The Morgan fingerprint density at radius 1 is 1.26 bits per heavy atom. The van der Waals surface area contributed by atoms with Crippen molar-refractivity contribution in [3.63, 3.8) is 0 Å².